The summed E-state index contributed by atoms with van der Waals surface area (Å²) in [7, 11) is 0. The summed E-state index contributed by atoms with van der Waals surface area (Å²) < 4.78 is 0. The van der Waals surface area contributed by atoms with E-state index < -0.39 is 0 Å². The molecule has 1 aromatic rings. The van der Waals surface area contributed by atoms with Gasteiger partial charge in [0.1, 0.15) is 5.82 Å². The van der Waals surface area contributed by atoms with Crippen LogP contribution in [0.25, 0.3) is 0 Å². The number of nitrogens with one attached hydrogen (secondary N) is 1. The van der Waals surface area contributed by atoms with E-state index in [-0.39, 0.29) is 0 Å². The molecule has 0 radical (unpaired) electrons. The van der Waals surface area contributed by atoms with Gasteiger partial charge in [-0.1, -0.05) is 13.0 Å². The summed E-state index contributed by atoms with van der Waals surface area (Å²) in [6.45, 7) is 12.1. The normalized spacial score (nSPS) is 26.1. The van der Waals surface area contributed by atoms with Gasteiger partial charge < -0.3 is 10.2 Å². The first-order chi connectivity index (χ1) is 10.2. The number of aryl methyl sites for hydroxylation is 1. The van der Waals surface area contributed by atoms with E-state index in [1.165, 1.54) is 31.5 Å². The third-order valence-corrected chi connectivity index (χ3v) is 4.98. The highest BCUT2D eigenvalue weighted by molar-refractivity contribution is 5.44. The number of fused-ring (bicyclic) bond motifs is 1. The van der Waals surface area contributed by atoms with Crippen molar-refractivity contribution in [3.8, 4) is 0 Å². The third kappa shape index (κ3) is 3.06. The van der Waals surface area contributed by atoms with Crippen molar-refractivity contribution in [2.75, 3.05) is 31.1 Å². The summed E-state index contributed by atoms with van der Waals surface area (Å²) >= 11 is 0. The second-order valence-electron chi connectivity index (χ2n) is 6.49. The molecular formula is C17H28N4. The van der Waals surface area contributed by atoms with Gasteiger partial charge in [-0.2, -0.15) is 0 Å². The zero-order valence-corrected chi connectivity index (χ0v) is 13.6. The van der Waals surface area contributed by atoms with Crippen LogP contribution >= 0.6 is 0 Å². The predicted octanol–water partition coefficient (Wildman–Crippen LogP) is 2.17. The van der Waals surface area contributed by atoms with Crippen molar-refractivity contribution in [3.63, 3.8) is 0 Å². The van der Waals surface area contributed by atoms with Gasteiger partial charge in [-0.25, -0.2) is 4.98 Å². The minimum atomic E-state index is 0.561. The molecule has 0 aliphatic carbocycles. The predicted molar refractivity (Wildman–Crippen MR) is 87.8 cm³/mol. The molecule has 2 fully saturated rings. The Morgan fingerprint density at radius 3 is 2.95 bits per heavy atom. The van der Waals surface area contributed by atoms with Gasteiger partial charge in [-0.15, -0.1) is 0 Å². The fraction of sp³-hybridized carbons (Fsp3) is 0.706. The molecule has 1 aromatic heterocycles. The van der Waals surface area contributed by atoms with Crippen LogP contribution in [0.15, 0.2) is 12.1 Å². The van der Waals surface area contributed by atoms with Gasteiger partial charge in [-0.3, -0.25) is 4.90 Å². The average Bonchev–Trinajstić information content (AvgIpc) is 2.92. The Kier molecular flexibility index (Phi) is 4.45. The lowest BCUT2D eigenvalue weighted by atomic mass is 10.1. The van der Waals surface area contributed by atoms with Gasteiger partial charge >= 0.3 is 0 Å². The van der Waals surface area contributed by atoms with E-state index in [2.05, 4.69) is 48.0 Å². The molecule has 116 valence electrons. The molecule has 21 heavy (non-hydrogen) atoms. The Morgan fingerprint density at radius 2 is 2.19 bits per heavy atom. The minimum absolute atomic E-state index is 0.561. The van der Waals surface area contributed by atoms with Crippen LogP contribution in [0.5, 0.6) is 0 Å². The molecule has 2 aliphatic heterocycles. The lowest BCUT2D eigenvalue weighted by Crippen LogP contribution is -2.55. The highest BCUT2D eigenvalue weighted by Gasteiger charge is 2.34. The quantitative estimate of drug-likeness (QED) is 0.920. The van der Waals surface area contributed by atoms with Crippen LogP contribution in [0.2, 0.25) is 0 Å². The number of anilines is 1. The fourth-order valence-corrected chi connectivity index (χ4v) is 3.69. The van der Waals surface area contributed by atoms with Gasteiger partial charge in [0, 0.05) is 37.4 Å². The molecule has 0 aromatic carbocycles. The van der Waals surface area contributed by atoms with Crippen LogP contribution in [0.3, 0.4) is 0 Å². The zero-order valence-electron chi connectivity index (χ0n) is 13.6. The van der Waals surface area contributed by atoms with Crippen LogP contribution in [-0.4, -0.2) is 48.1 Å². The maximum Gasteiger partial charge on any atom is 0.129 e. The second-order valence-corrected chi connectivity index (χ2v) is 6.49. The van der Waals surface area contributed by atoms with E-state index in [0.717, 1.165) is 37.2 Å². The van der Waals surface area contributed by atoms with Crippen LogP contribution in [0.4, 0.5) is 5.82 Å². The van der Waals surface area contributed by atoms with Crippen molar-refractivity contribution in [1.82, 2.24) is 15.2 Å². The van der Waals surface area contributed by atoms with E-state index in [9.17, 15) is 0 Å². The first-order valence-electron chi connectivity index (χ1n) is 8.37. The minimum Gasteiger partial charge on any atom is -0.351 e. The number of nitrogens with zero attached hydrogens (tertiary/aromatic N) is 3. The van der Waals surface area contributed by atoms with E-state index in [0.29, 0.717) is 6.04 Å². The first-order valence-corrected chi connectivity index (χ1v) is 8.37. The Hall–Kier alpha value is -1.13. The molecule has 3 heterocycles. The summed E-state index contributed by atoms with van der Waals surface area (Å²) in [4.78, 5) is 10.1. The van der Waals surface area contributed by atoms with Gasteiger partial charge in [0.2, 0.25) is 0 Å². The maximum absolute atomic E-state index is 4.88. The molecule has 0 bridgehead atoms. The monoisotopic (exact) mass is 288 g/mol. The molecule has 4 nitrogen and oxygen atoms in total. The molecule has 0 amide bonds. The fourth-order valence-electron chi connectivity index (χ4n) is 3.69. The molecule has 3 rings (SSSR count). The molecule has 2 atom stereocenters. The Balaban J connectivity index is 1.75. The summed E-state index contributed by atoms with van der Waals surface area (Å²) in [6.07, 6.45) is 2.71. The van der Waals surface area contributed by atoms with E-state index in [1.807, 2.05) is 0 Å². The van der Waals surface area contributed by atoms with Crippen LogP contribution < -0.4 is 10.2 Å². The number of pyridine rings is 1. The highest BCUT2D eigenvalue weighted by Crippen LogP contribution is 2.28. The number of hydrogen-bond acceptors (Lipinski definition) is 4. The molecule has 2 saturated heterocycles. The van der Waals surface area contributed by atoms with Gasteiger partial charge in [0.05, 0.1) is 0 Å². The van der Waals surface area contributed by atoms with Crippen LogP contribution in [-0.2, 0) is 6.54 Å². The van der Waals surface area contributed by atoms with Crippen molar-refractivity contribution in [2.24, 2.45) is 0 Å². The summed E-state index contributed by atoms with van der Waals surface area (Å²) in [5, 5.41) is 3.38. The van der Waals surface area contributed by atoms with Crippen LogP contribution in [0.1, 0.15) is 37.9 Å². The second kappa shape index (κ2) is 6.32. The van der Waals surface area contributed by atoms with E-state index >= 15 is 0 Å². The van der Waals surface area contributed by atoms with E-state index in [4.69, 9.17) is 4.98 Å². The molecule has 2 unspecified atom stereocenters. The third-order valence-electron chi connectivity index (χ3n) is 4.98. The number of aromatic nitrogens is 1. The smallest absolute Gasteiger partial charge is 0.129 e. The number of piperazine rings is 1. The topological polar surface area (TPSA) is 31.4 Å². The Labute approximate surface area is 128 Å². The maximum atomic E-state index is 4.88. The standard InChI is InChI=1S/C17H28N4/c1-4-18-10-15-7-8-17(19-14(15)3)21-12-16-6-5-9-20(16)11-13(21)2/h7-8,13,16,18H,4-6,9-12H2,1-3H3. The molecule has 4 heteroatoms. The number of hydrogen-bond donors (Lipinski definition) is 1. The zero-order chi connectivity index (χ0) is 14.8. The molecular weight excluding hydrogens is 260 g/mol. The van der Waals surface area contributed by atoms with Crippen molar-refractivity contribution >= 4 is 5.82 Å². The Morgan fingerprint density at radius 1 is 1.33 bits per heavy atom. The molecule has 0 spiro atoms. The van der Waals surface area contributed by atoms with Crippen LogP contribution in [0, 0.1) is 6.92 Å². The van der Waals surface area contributed by atoms with E-state index in [1.54, 1.807) is 0 Å². The molecule has 2 aliphatic rings. The lowest BCUT2D eigenvalue weighted by molar-refractivity contribution is 0.202. The van der Waals surface area contributed by atoms with Gasteiger partial charge in [-0.05, 0) is 51.4 Å². The number of rotatable bonds is 4. The highest BCUT2D eigenvalue weighted by atomic mass is 15.3. The Bertz CT molecular complexity index is 488. The summed E-state index contributed by atoms with van der Waals surface area (Å²) in [5.41, 5.74) is 2.47. The van der Waals surface area contributed by atoms with Crippen molar-refractivity contribution in [2.45, 2.75) is 52.2 Å². The first kappa shape index (κ1) is 14.8. The van der Waals surface area contributed by atoms with Gasteiger partial charge in [0.15, 0.2) is 0 Å². The van der Waals surface area contributed by atoms with Crippen molar-refractivity contribution < 1.29 is 0 Å². The molecule has 1 N–H and O–H groups in total. The SMILES string of the molecule is CCNCc1ccc(N2CC3CCCN3CC2C)nc1C. The van der Waals surface area contributed by atoms with Crippen molar-refractivity contribution in [3.05, 3.63) is 23.4 Å². The lowest BCUT2D eigenvalue weighted by Gasteiger charge is -2.43. The largest absolute Gasteiger partial charge is 0.351 e. The summed E-state index contributed by atoms with van der Waals surface area (Å²) in [6, 6.07) is 5.75. The summed E-state index contributed by atoms with van der Waals surface area (Å²) in [5.74, 6) is 1.16. The average molecular weight is 288 g/mol. The van der Waals surface area contributed by atoms with Gasteiger partial charge in [0.25, 0.3) is 0 Å². The molecule has 0 saturated carbocycles. The van der Waals surface area contributed by atoms with Crippen molar-refractivity contribution in [1.29, 1.82) is 0 Å².